The number of nitrogens with zero attached hydrogens (tertiary/aromatic N) is 2. The third-order valence-electron chi connectivity index (χ3n) is 2.17. The minimum Gasteiger partial charge on any atom is -0.383 e. The van der Waals surface area contributed by atoms with Crippen LogP contribution in [0.1, 0.15) is 11.7 Å². The number of nitrogens with two attached hydrogens (primary N) is 1. The van der Waals surface area contributed by atoms with Gasteiger partial charge in [-0.25, -0.2) is 4.79 Å². The van der Waals surface area contributed by atoms with Crippen molar-refractivity contribution in [2.75, 3.05) is 17.4 Å². The van der Waals surface area contributed by atoms with Crippen LogP contribution in [0.15, 0.2) is 11.0 Å². The van der Waals surface area contributed by atoms with Gasteiger partial charge in [-0.05, 0) is 0 Å². The lowest BCUT2D eigenvalue weighted by molar-refractivity contribution is 0.124. The Kier molecular flexibility index (Phi) is 2.94. The maximum atomic E-state index is 11.2. The van der Waals surface area contributed by atoms with Gasteiger partial charge in [-0.3, -0.25) is 4.57 Å². The Morgan fingerprint density at radius 2 is 2.60 bits per heavy atom. The van der Waals surface area contributed by atoms with E-state index in [0.29, 0.717) is 11.5 Å². The first-order chi connectivity index (χ1) is 7.22. The number of thioether (sulfide) groups is 1. The molecule has 1 aromatic heterocycles. The smallest absolute Gasteiger partial charge is 0.351 e. The molecule has 1 fully saturated rings. The van der Waals surface area contributed by atoms with Gasteiger partial charge in [0.25, 0.3) is 0 Å². The first-order valence-corrected chi connectivity index (χ1v) is 5.55. The lowest BCUT2D eigenvalue weighted by Gasteiger charge is -2.12. The van der Waals surface area contributed by atoms with E-state index in [4.69, 9.17) is 15.6 Å². The molecule has 1 saturated heterocycles. The second kappa shape index (κ2) is 4.21. The molecule has 0 aromatic carbocycles. The van der Waals surface area contributed by atoms with Crippen LogP contribution in [0.3, 0.4) is 0 Å². The summed E-state index contributed by atoms with van der Waals surface area (Å²) in [5.74, 6) is 1.58. The van der Waals surface area contributed by atoms with Crippen molar-refractivity contribution in [3.8, 4) is 0 Å². The number of aliphatic hydroxyl groups is 1. The van der Waals surface area contributed by atoms with Crippen molar-refractivity contribution in [2.45, 2.75) is 12.8 Å². The molecular weight excluding hydrogens is 218 g/mol. The van der Waals surface area contributed by atoms with Gasteiger partial charge in [-0.2, -0.15) is 4.98 Å². The lowest BCUT2D eigenvalue weighted by Crippen LogP contribution is -2.25. The minimum absolute atomic E-state index is 0.138. The largest absolute Gasteiger partial charge is 0.383 e. The molecule has 0 spiro atoms. The fourth-order valence-corrected chi connectivity index (χ4v) is 2.23. The number of aliphatic hydroxyl groups excluding tert-OH is 1. The summed E-state index contributed by atoms with van der Waals surface area (Å²) in [6.07, 6.45) is 1.36. The molecule has 0 saturated carbocycles. The molecule has 0 bridgehead atoms. The van der Waals surface area contributed by atoms with Crippen LogP contribution in [0, 0.1) is 0 Å². The van der Waals surface area contributed by atoms with Crippen LogP contribution >= 0.6 is 11.8 Å². The van der Waals surface area contributed by atoms with Crippen molar-refractivity contribution in [2.24, 2.45) is 0 Å². The molecule has 7 heteroatoms. The van der Waals surface area contributed by atoms with E-state index in [9.17, 15) is 4.79 Å². The molecule has 2 heterocycles. The highest BCUT2D eigenvalue weighted by Crippen LogP contribution is 2.31. The molecule has 1 unspecified atom stereocenters. The SMILES string of the molecule is Nc1nc(=O)n(CO)cc1C1CSCO1. The Bertz CT molecular complexity index is 414. The maximum absolute atomic E-state index is 11.2. The van der Waals surface area contributed by atoms with Gasteiger partial charge in [0.2, 0.25) is 0 Å². The summed E-state index contributed by atoms with van der Waals surface area (Å²) >= 11 is 1.65. The predicted octanol–water partition coefficient (Wildman–Crippen LogP) is -0.463. The van der Waals surface area contributed by atoms with Crippen LogP contribution in [-0.4, -0.2) is 26.3 Å². The van der Waals surface area contributed by atoms with Crippen molar-refractivity contribution in [1.29, 1.82) is 0 Å². The van der Waals surface area contributed by atoms with E-state index in [1.807, 2.05) is 0 Å². The maximum Gasteiger partial charge on any atom is 0.351 e. The zero-order valence-electron chi connectivity index (χ0n) is 7.92. The van der Waals surface area contributed by atoms with Gasteiger partial charge in [0.1, 0.15) is 12.5 Å². The first-order valence-electron chi connectivity index (χ1n) is 4.39. The summed E-state index contributed by atoms with van der Waals surface area (Å²) in [7, 11) is 0. The summed E-state index contributed by atoms with van der Waals surface area (Å²) in [6, 6.07) is 0. The first kappa shape index (κ1) is 10.5. The Balaban J connectivity index is 2.41. The number of hydrogen-bond acceptors (Lipinski definition) is 6. The molecule has 3 N–H and O–H groups in total. The van der Waals surface area contributed by atoms with Gasteiger partial charge in [0, 0.05) is 17.5 Å². The van der Waals surface area contributed by atoms with E-state index in [-0.39, 0.29) is 11.9 Å². The second-order valence-corrected chi connectivity index (χ2v) is 4.10. The highest BCUT2D eigenvalue weighted by molar-refractivity contribution is 7.99. The van der Waals surface area contributed by atoms with Crippen molar-refractivity contribution in [1.82, 2.24) is 9.55 Å². The summed E-state index contributed by atoms with van der Waals surface area (Å²) in [6.45, 7) is -0.404. The quantitative estimate of drug-likeness (QED) is 0.713. The van der Waals surface area contributed by atoms with Gasteiger partial charge in [-0.1, -0.05) is 0 Å². The average molecular weight is 229 g/mol. The van der Waals surface area contributed by atoms with Gasteiger partial charge in [0.15, 0.2) is 0 Å². The summed E-state index contributed by atoms with van der Waals surface area (Å²) < 4.78 is 6.50. The predicted molar refractivity (Wildman–Crippen MR) is 56.3 cm³/mol. The molecule has 0 radical (unpaired) electrons. The fourth-order valence-electron chi connectivity index (χ4n) is 1.38. The lowest BCUT2D eigenvalue weighted by atomic mass is 10.2. The third kappa shape index (κ3) is 1.99. The molecule has 0 amide bonds. The van der Waals surface area contributed by atoms with Crippen LogP contribution in [0.25, 0.3) is 0 Å². The Morgan fingerprint density at radius 1 is 1.80 bits per heavy atom. The molecule has 1 aromatic rings. The zero-order chi connectivity index (χ0) is 10.8. The fraction of sp³-hybridized carbons (Fsp3) is 0.500. The van der Waals surface area contributed by atoms with Crippen LogP contribution in [0.5, 0.6) is 0 Å². The van der Waals surface area contributed by atoms with Crippen LogP contribution in [-0.2, 0) is 11.5 Å². The number of anilines is 1. The van der Waals surface area contributed by atoms with Gasteiger partial charge in [-0.15, -0.1) is 11.8 Å². The highest BCUT2D eigenvalue weighted by Gasteiger charge is 2.22. The topological polar surface area (TPSA) is 90.4 Å². The van der Waals surface area contributed by atoms with Gasteiger partial charge >= 0.3 is 5.69 Å². The van der Waals surface area contributed by atoms with E-state index >= 15 is 0 Å². The average Bonchev–Trinajstić information content (AvgIpc) is 2.71. The number of hydrogen-bond donors (Lipinski definition) is 2. The van der Waals surface area contributed by atoms with Crippen molar-refractivity contribution < 1.29 is 9.84 Å². The molecule has 0 aliphatic carbocycles. The molecule has 82 valence electrons. The molecule has 1 aliphatic rings. The Morgan fingerprint density at radius 3 is 3.20 bits per heavy atom. The van der Waals surface area contributed by atoms with Crippen molar-refractivity contribution in [3.05, 3.63) is 22.2 Å². The van der Waals surface area contributed by atoms with Crippen LogP contribution < -0.4 is 11.4 Å². The van der Waals surface area contributed by atoms with Crippen LogP contribution in [0.2, 0.25) is 0 Å². The van der Waals surface area contributed by atoms with Crippen molar-refractivity contribution in [3.63, 3.8) is 0 Å². The highest BCUT2D eigenvalue weighted by atomic mass is 32.2. The monoisotopic (exact) mass is 229 g/mol. The standard InChI is InChI=1S/C8H11N3O3S/c9-7-5(6-2-15-4-14-6)1-11(3-12)8(13)10-7/h1,6,12H,2-4H2,(H2,9,10,13). The summed E-state index contributed by atoms with van der Waals surface area (Å²) in [5, 5.41) is 8.91. The van der Waals surface area contributed by atoms with E-state index in [1.54, 1.807) is 11.8 Å². The van der Waals surface area contributed by atoms with E-state index in [0.717, 1.165) is 10.3 Å². The van der Waals surface area contributed by atoms with Gasteiger partial charge in [0.05, 0.1) is 12.0 Å². The number of nitrogen functional groups attached to an aromatic ring is 1. The van der Waals surface area contributed by atoms with E-state index in [2.05, 4.69) is 4.98 Å². The number of ether oxygens (including phenoxy) is 1. The Labute approximate surface area is 90.1 Å². The van der Waals surface area contributed by atoms with E-state index < -0.39 is 12.4 Å². The normalized spacial score (nSPS) is 20.7. The molecule has 2 rings (SSSR count). The Hall–Kier alpha value is -1.05. The van der Waals surface area contributed by atoms with Crippen molar-refractivity contribution >= 4 is 17.6 Å². The minimum atomic E-state index is -0.551. The number of aromatic nitrogens is 2. The van der Waals surface area contributed by atoms with Gasteiger partial charge < -0.3 is 15.6 Å². The summed E-state index contributed by atoms with van der Waals surface area (Å²) in [4.78, 5) is 14.8. The number of rotatable bonds is 2. The third-order valence-corrected chi connectivity index (χ3v) is 3.01. The second-order valence-electron chi connectivity index (χ2n) is 3.12. The molecule has 1 aliphatic heterocycles. The molecule has 1 atom stereocenters. The molecule has 6 nitrogen and oxygen atoms in total. The molecule has 15 heavy (non-hydrogen) atoms. The van der Waals surface area contributed by atoms with E-state index in [1.165, 1.54) is 6.20 Å². The molecular formula is C8H11N3O3S. The zero-order valence-corrected chi connectivity index (χ0v) is 8.74. The summed E-state index contributed by atoms with van der Waals surface area (Å²) in [5.41, 5.74) is 5.74. The van der Waals surface area contributed by atoms with Crippen LogP contribution in [0.4, 0.5) is 5.82 Å².